The molecule has 1 atom stereocenters. The van der Waals surface area contributed by atoms with Crippen molar-refractivity contribution >= 4 is 0 Å². The van der Waals surface area contributed by atoms with Gasteiger partial charge in [-0.05, 0) is 36.5 Å². The number of hydrogen-bond donors (Lipinski definition) is 1. The lowest BCUT2D eigenvalue weighted by Crippen LogP contribution is -2.30. The minimum Gasteiger partial charge on any atom is -0.323 e. The Labute approximate surface area is 94.7 Å². The number of rotatable bonds is 2. The summed E-state index contributed by atoms with van der Waals surface area (Å²) in [6.07, 6.45) is 4.23. The highest BCUT2D eigenvalue weighted by Gasteiger charge is 2.36. The first-order chi connectivity index (χ1) is 7.53. The topological polar surface area (TPSA) is 26.0 Å². The zero-order valence-electron chi connectivity index (χ0n) is 9.47. The molecule has 1 aromatic carbocycles. The Bertz CT molecular complexity index is 384. The minimum atomic E-state index is -0.423. The van der Waals surface area contributed by atoms with Crippen LogP contribution in [-0.4, -0.2) is 0 Å². The SMILES string of the molecule is CC1(C(N)c2cc(F)ccc2F)CCCC1. The second-order valence-electron chi connectivity index (χ2n) is 5.00. The predicted octanol–water partition coefficient (Wildman–Crippen LogP) is 3.54. The molecule has 3 heteroatoms. The monoisotopic (exact) mass is 225 g/mol. The largest absolute Gasteiger partial charge is 0.323 e. The molecule has 2 rings (SSSR count). The van der Waals surface area contributed by atoms with Crippen molar-refractivity contribution in [2.45, 2.75) is 38.6 Å². The van der Waals surface area contributed by atoms with E-state index in [-0.39, 0.29) is 5.41 Å². The van der Waals surface area contributed by atoms with Crippen LogP contribution in [0.2, 0.25) is 0 Å². The number of benzene rings is 1. The number of nitrogens with two attached hydrogens (primary N) is 1. The molecule has 1 fully saturated rings. The van der Waals surface area contributed by atoms with Gasteiger partial charge in [0.15, 0.2) is 0 Å². The fourth-order valence-corrected chi connectivity index (χ4v) is 2.62. The summed E-state index contributed by atoms with van der Waals surface area (Å²) >= 11 is 0. The minimum absolute atomic E-state index is 0.0887. The van der Waals surface area contributed by atoms with Crippen molar-refractivity contribution < 1.29 is 8.78 Å². The van der Waals surface area contributed by atoms with Gasteiger partial charge in [-0.2, -0.15) is 0 Å². The van der Waals surface area contributed by atoms with Crippen molar-refractivity contribution in [2.75, 3.05) is 0 Å². The van der Waals surface area contributed by atoms with Crippen molar-refractivity contribution in [3.63, 3.8) is 0 Å². The first kappa shape index (κ1) is 11.5. The van der Waals surface area contributed by atoms with E-state index in [4.69, 9.17) is 5.73 Å². The van der Waals surface area contributed by atoms with Crippen LogP contribution in [0.15, 0.2) is 18.2 Å². The molecule has 0 aliphatic heterocycles. The predicted molar refractivity (Wildman–Crippen MR) is 59.9 cm³/mol. The van der Waals surface area contributed by atoms with E-state index in [1.807, 2.05) is 0 Å². The van der Waals surface area contributed by atoms with Gasteiger partial charge in [-0.25, -0.2) is 8.78 Å². The molecule has 1 aliphatic rings. The third-order valence-corrected chi connectivity index (χ3v) is 3.79. The van der Waals surface area contributed by atoms with Gasteiger partial charge >= 0.3 is 0 Å². The molecular weight excluding hydrogens is 208 g/mol. The van der Waals surface area contributed by atoms with Crippen LogP contribution in [0.5, 0.6) is 0 Å². The van der Waals surface area contributed by atoms with Gasteiger partial charge in [0.25, 0.3) is 0 Å². The molecule has 0 heterocycles. The average Bonchev–Trinajstić information content (AvgIpc) is 2.69. The van der Waals surface area contributed by atoms with Crippen LogP contribution in [0.25, 0.3) is 0 Å². The van der Waals surface area contributed by atoms with Crippen LogP contribution in [0.4, 0.5) is 8.78 Å². The molecule has 1 nitrogen and oxygen atoms in total. The Hall–Kier alpha value is -0.960. The summed E-state index contributed by atoms with van der Waals surface area (Å²) in [5.74, 6) is -0.824. The van der Waals surface area contributed by atoms with Gasteiger partial charge in [0.2, 0.25) is 0 Å². The zero-order chi connectivity index (χ0) is 11.8. The maximum atomic E-state index is 13.6. The fourth-order valence-electron chi connectivity index (χ4n) is 2.62. The highest BCUT2D eigenvalue weighted by molar-refractivity contribution is 5.24. The van der Waals surface area contributed by atoms with Crippen LogP contribution in [0.1, 0.15) is 44.2 Å². The van der Waals surface area contributed by atoms with E-state index >= 15 is 0 Å². The maximum absolute atomic E-state index is 13.6. The van der Waals surface area contributed by atoms with Crippen molar-refractivity contribution in [1.29, 1.82) is 0 Å². The lowest BCUT2D eigenvalue weighted by atomic mass is 9.77. The number of halogens is 2. The third-order valence-electron chi connectivity index (χ3n) is 3.79. The van der Waals surface area contributed by atoms with Crippen LogP contribution < -0.4 is 5.73 Å². The van der Waals surface area contributed by atoms with Gasteiger partial charge in [-0.3, -0.25) is 0 Å². The molecule has 1 aliphatic carbocycles. The molecule has 0 saturated heterocycles. The summed E-state index contributed by atoms with van der Waals surface area (Å²) in [5.41, 5.74) is 6.32. The quantitative estimate of drug-likeness (QED) is 0.818. The third kappa shape index (κ3) is 1.96. The van der Waals surface area contributed by atoms with Crippen molar-refractivity contribution in [1.82, 2.24) is 0 Å². The molecule has 1 saturated carbocycles. The molecule has 0 spiro atoms. The number of hydrogen-bond acceptors (Lipinski definition) is 1. The summed E-state index contributed by atoms with van der Waals surface area (Å²) in [6, 6.07) is 3.10. The Balaban J connectivity index is 2.32. The normalized spacial score (nSPS) is 21.0. The molecule has 0 amide bonds. The maximum Gasteiger partial charge on any atom is 0.128 e. The Morgan fingerprint density at radius 3 is 2.50 bits per heavy atom. The molecular formula is C13H17F2N. The highest BCUT2D eigenvalue weighted by Crippen LogP contribution is 2.46. The summed E-state index contributed by atoms with van der Waals surface area (Å²) in [4.78, 5) is 0. The summed E-state index contributed by atoms with van der Waals surface area (Å²) in [5, 5.41) is 0. The van der Waals surface area contributed by atoms with E-state index in [9.17, 15) is 8.78 Å². The van der Waals surface area contributed by atoms with Gasteiger partial charge in [0.05, 0.1) is 0 Å². The first-order valence-corrected chi connectivity index (χ1v) is 5.73. The van der Waals surface area contributed by atoms with E-state index in [0.717, 1.165) is 37.8 Å². The van der Waals surface area contributed by atoms with Crippen LogP contribution in [0, 0.1) is 17.0 Å². The first-order valence-electron chi connectivity index (χ1n) is 5.73. The molecule has 1 aromatic rings. The van der Waals surface area contributed by atoms with E-state index in [1.54, 1.807) is 0 Å². The van der Waals surface area contributed by atoms with Crippen molar-refractivity contribution in [3.05, 3.63) is 35.4 Å². The molecule has 16 heavy (non-hydrogen) atoms. The Morgan fingerprint density at radius 1 is 1.25 bits per heavy atom. The molecule has 2 N–H and O–H groups in total. The Kier molecular flexibility index (Phi) is 2.98. The van der Waals surface area contributed by atoms with Gasteiger partial charge < -0.3 is 5.73 Å². The van der Waals surface area contributed by atoms with Crippen LogP contribution >= 0.6 is 0 Å². The van der Waals surface area contributed by atoms with Crippen molar-refractivity contribution in [3.8, 4) is 0 Å². The van der Waals surface area contributed by atoms with Gasteiger partial charge in [-0.1, -0.05) is 19.8 Å². The van der Waals surface area contributed by atoms with Crippen LogP contribution in [0.3, 0.4) is 0 Å². The summed E-state index contributed by atoms with van der Waals surface area (Å²) < 4.78 is 26.7. The van der Waals surface area contributed by atoms with E-state index < -0.39 is 17.7 Å². The lowest BCUT2D eigenvalue weighted by Gasteiger charge is -2.31. The van der Waals surface area contributed by atoms with Crippen molar-refractivity contribution in [2.24, 2.45) is 11.1 Å². The Morgan fingerprint density at radius 2 is 1.88 bits per heavy atom. The average molecular weight is 225 g/mol. The standard InChI is InChI=1S/C13H17F2N/c1-13(6-2-3-7-13)12(16)10-8-9(14)4-5-11(10)15/h4-5,8,12H,2-3,6-7,16H2,1H3. The summed E-state index contributed by atoms with van der Waals surface area (Å²) in [6.45, 7) is 2.06. The smallest absolute Gasteiger partial charge is 0.128 e. The van der Waals surface area contributed by atoms with Crippen LogP contribution in [-0.2, 0) is 0 Å². The van der Waals surface area contributed by atoms with Gasteiger partial charge in [0.1, 0.15) is 11.6 Å². The van der Waals surface area contributed by atoms with E-state index in [2.05, 4.69) is 6.92 Å². The summed E-state index contributed by atoms with van der Waals surface area (Å²) in [7, 11) is 0. The van der Waals surface area contributed by atoms with Gasteiger partial charge in [-0.15, -0.1) is 0 Å². The second kappa shape index (κ2) is 4.13. The molecule has 0 aromatic heterocycles. The zero-order valence-corrected chi connectivity index (χ0v) is 9.47. The van der Waals surface area contributed by atoms with E-state index in [1.165, 1.54) is 6.07 Å². The molecule has 1 unspecified atom stereocenters. The fraction of sp³-hybridized carbons (Fsp3) is 0.538. The second-order valence-corrected chi connectivity index (χ2v) is 5.00. The lowest BCUT2D eigenvalue weighted by molar-refractivity contribution is 0.260. The van der Waals surface area contributed by atoms with Gasteiger partial charge in [0, 0.05) is 11.6 Å². The molecule has 0 radical (unpaired) electrons. The highest BCUT2D eigenvalue weighted by atomic mass is 19.1. The van der Waals surface area contributed by atoms with E-state index in [0.29, 0.717) is 5.56 Å². The molecule has 88 valence electrons. The molecule has 0 bridgehead atoms.